The van der Waals surface area contributed by atoms with Crippen LogP contribution in [0, 0.1) is 5.82 Å². The van der Waals surface area contributed by atoms with Gasteiger partial charge in [0, 0.05) is 7.05 Å². The molecule has 0 spiro atoms. The molecule has 1 atom stereocenters. The number of carbonyl (C=O) groups excluding carboxylic acids is 2. The topological polar surface area (TPSA) is 67.4 Å². The van der Waals surface area contributed by atoms with E-state index in [4.69, 9.17) is 4.74 Å². The fourth-order valence-corrected chi connectivity index (χ4v) is 1.30. The summed E-state index contributed by atoms with van der Waals surface area (Å²) in [6.45, 7) is 0.251. The molecule has 0 saturated carbocycles. The van der Waals surface area contributed by atoms with Crippen LogP contribution >= 0.6 is 0 Å². The summed E-state index contributed by atoms with van der Waals surface area (Å²) in [5.41, 5.74) is 0.780. The van der Waals surface area contributed by atoms with E-state index < -0.39 is 6.04 Å². The smallest absolute Gasteiger partial charge is 0.520 e. The molecule has 1 unspecified atom stereocenters. The van der Waals surface area contributed by atoms with Crippen LogP contribution in [0.25, 0.3) is 0 Å². The Hall–Kier alpha value is -0.314. The van der Waals surface area contributed by atoms with Crippen molar-refractivity contribution < 1.29 is 70.1 Å². The molecule has 0 aromatic heterocycles. The molecule has 0 aliphatic heterocycles. The van der Waals surface area contributed by atoms with Crippen LogP contribution in [0.15, 0.2) is 24.3 Å². The minimum atomic E-state index is -0.784. The molecule has 0 bridgehead atoms. The van der Waals surface area contributed by atoms with Crippen LogP contribution in [-0.4, -0.2) is 32.0 Å². The fraction of sp³-hybridized carbons (Fsp3) is 0.333. The second kappa shape index (κ2) is 10.5. The molecule has 0 radical (unpaired) electrons. The van der Waals surface area contributed by atoms with E-state index in [0.29, 0.717) is 0 Å². The second-order valence-corrected chi connectivity index (χ2v) is 3.55. The van der Waals surface area contributed by atoms with Gasteiger partial charge in [-0.25, -0.2) is 4.39 Å². The molecule has 2 N–H and O–H groups in total. The molecule has 0 fully saturated rings. The second-order valence-electron chi connectivity index (χ2n) is 3.55. The molecule has 1 aromatic rings. The van der Waals surface area contributed by atoms with Gasteiger partial charge in [-0.2, -0.15) is 6.41 Å². The number of nitrogens with one attached hydrogen (secondary N) is 2. The zero-order valence-corrected chi connectivity index (χ0v) is 14.0. The number of amides is 2. The van der Waals surface area contributed by atoms with Gasteiger partial charge in [0.15, 0.2) is 0 Å². The molecule has 5 nitrogen and oxygen atoms in total. The Labute approximate surface area is 153 Å². The maximum Gasteiger partial charge on any atom is 1.00 e. The predicted molar refractivity (Wildman–Crippen MR) is 62.7 cm³/mol. The van der Waals surface area contributed by atoms with Gasteiger partial charge in [0.2, 0.25) is 5.91 Å². The van der Waals surface area contributed by atoms with E-state index in [1.807, 2.05) is 0 Å². The van der Waals surface area contributed by atoms with Crippen LogP contribution in [0.2, 0.25) is 0 Å². The summed E-state index contributed by atoms with van der Waals surface area (Å²) < 4.78 is 17.9. The summed E-state index contributed by atoms with van der Waals surface area (Å²) in [6.07, 6.45) is 1.45. The van der Waals surface area contributed by atoms with Crippen LogP contribution in [0.1, 0.15) is 5.56 Å². The summed E-state index contributed by atoms with van der Waals surface area (Å²) in [5.74, 6) is -0.684. The van der Waals surface area contributed by atoms with Crippen LogP contribution in [-0.2, 0) is 20.9 Å². The zero-order chi connectivity index (χ0) is 13.4. The van der Waals surface area contributed by atoms with E-state index in [9.17, 15) is 14.0 Å². The van der Waals surface area contributed by atoms with E-state index in [1.165, 1.54) is 25.6 Å². The molecule has 19 heavy (non-hydrogen) atoms. The van der Waals surface area contributed by atoms with E-state index in [0.717, 1.165) is 5.56 Å². The summed E-state index contributed by atoms with van der Waals surface area (Å²) in [4.78, 5) is 21.5. The first-order chi connectivity index (χ1) is 8.67. The zero-order valence-electron chi connectivity index (χ0n) is 10.9. The predicted octanol–water partition coefficient (Wildman–Crippen LogP) is -2.88. The average Bonchev–Trinajstić information content (AvgIpc) is 2.39. The Morgan fingerprint density at radius 3 is 2.58 bits per heavy atom. The van der Waals surface area contributed by atoms with Crippen molar-refractivity contribution in [2.75, 3.05) is 13.7 Å². The number of benzene rings is 1. The van der Waals surface area contributed by atoms with Gasteiger partial charge in [-0.3, -0.25) is 4.79 Å². The van der Waals surface area contributed by atoms with Crippen LogP contribution in [0.5, 0.6) is 0 Å². The molecule has 2 amide bonds. The van der Waals surface area contributed by atoms with Gasteiger partial charge in [0.25, 0.3) is 0 Å². The molecular formula is C12H14FKN2O3. The summed E-state index contributed by atoms with van der Waals surface area (Å²) in [6, 6.07) is 5.04. The number of ether oxygens (including phenoxy) is 1. The molecular weight excluding hydrogens is 278 g/mol. The molecule has 0 saturated heterocycles. The Morgan fingerprint density at radius 2 is 2.05 bits per heavy atom. The van der Waals surface area contributed by atoms with Crippen LogP contribution in [0.3, 0.4) is 0 Å². The van der Waals surface area contributed by atoms with E-state index in [-0.39, 0.29) is 76.3 Å². The van der Waals surface area contributed by atoms with Gasteiger partial charge in [-0.05, 0) is 17.7 Å². The quantitative estimate of drug-likeness (QED) is 0.322. The van der Waals surface area contributed by atoms with Crippen LogP contribution in [0.4, 0.5) is 4.39 Å². The van der Waals surface area contributed by atoms with E-state index in [2.05, 4.69) is 10.6 Å². The van der Waals surface area contributed by atoms with E-state index in [1.54, 1.807) is 12.1 Å². The first-order valence-corrected chi connectivity index (χ1v) is 5.34. The van der Waals surface area contributed by atoms with Crippen LogP contribution < -0.4 is 62.0 Å². The van der Waals surface area contributed by atoms with Crippen molar-refractivity contribution in [3.63, 3.8) is 0 Å². The molecule has 0 aliphatic carbocycles. The van der Waals surface area contributed by atoms with Gasteiger partial charge in [0.1, 0.15) is 11.9 Å². The first kappa shape index (κ1) is 18.7. The van der Waals surface area contributed by atoms with Gasteiger partial charge in [0.05, 0.1) is 13.2 Å². The minimum Gasteiger partial charge on any atom is -0.520 e. The minimum absolute atomic E-state index is 0. The largest absolute Gasteiger partial charge is 1.00 e. The third-order valence-electron chi connectivity index (χ3n) is 2.26. The Balaban J connectivity index is 0.00000324. The van der Waals surface area contributed by atoms with Crippen molar-refractivity contribution in [3.8, 4) is 0 Å². The molecule has 0 heterocycles. The van der Waals surface area contributed by atoms with Crippen molar-refractivity contribution >= 4 is 12.3 Å². The van der Waals surface area contributed by atoms with Crippen molar-refractivity contribution in [1.82, 2.24) is 10.6 Å². The molecule has 0 aliphatic rings. The van der Waals surface area contributed by atoms with Gasteiger partial charge in [-0.1, -0.05) is 12.1 Å². The number of rotatable bonds is 7. The number of halogens is 1. The Kier molecular flexibility index (Phi) is 10.3. The third kappa shape index (κ3) is 7.14. The molecule has 1 rings (SSSR count). The molecule has 7 heteroatoms. The fourth-order valence-electron chi connectivity index (χ4n) is 1.30. The number of hydrogen-bond donors (Lipinski definition) is 2. The molecule has 1 aromatic carbocycles. The SMILES string of the molecule is CNC(=O)C(COCc1ccc(F)cc1)N[C-]=O.[K+]. The van der Waals surface area contributed by atoms with Crippen molar-refractivity contribution in [2.45, 2.75) is 12.6 Å². The van der Waals surface area contributed by atoms with E-state index >= 15 is 0 Å². The van der Waals surface area contributed by atoms with Crippen molar-refractivity contribution in [1.29, 1.82) is 0 Å². The monoisotopic (exact) mass is 292 g/mol. The first-order valence-electron chi connectivity index (χ1n) is 5.34. The summed E-state index contributed by atoms with van der Waals surface area (Å²) in [7, 11) is 1.46. The number of hydrogen-bond acceptors (Lipinski definition) is 3. The Bertz CT molecular complexity index is 400. The van der Waals surface area contributed by atoms with Crippen molar-refractivity contribution in [3.05, 3.63) is 35.6 Å². The number of likely N-dealkylation sites (N-methyl/N-ethyl adjacent to an activating group) is 1. The summed E-state index contributed by atoms with van der Waals surface area (Å²) >= 11 is 0. The maximum atomic E-state index is 12.6. The van der Waals surface area contributed by atoms with Gasteiger partial charge < -0.3 is 20.2 Å². The standard InChI is InChI=1S/C12H14FN2O3.K/c1-14-12(17)11(15-8-16)7-18-6-9-2-4-10(13)5-3-9;/h2-5,11H,6-7H2,1H3,(H,14,17)(H,15,16);/q-1;+1. The summed E-state index contributed by atoms with van der Waals surface area (Å²) in [5, 5.41) is 4.62. The third-order valence-corrected chi connectivity index (χ3v) is 2.26. The van der Waals surface area contributed by atoms with Gasteiger partial charge in [-0.15, -0.1) is 0 Å². The van der Waals surface area contributed by atoms with Gasteiger partial charge >= 0.3 is 51.4 Å². The molecule has 98 valence electrons. The van der Waals surface area contributed by atoms with Crippen molar-refractivity contribution in [2.24, 2.45) is 0 Å². The number of carbonyl (C=O) groups is 1. The normalized spacial score (nSPS) is 11.1. The average molecular weight is 292 g/mol. The Morgan fingerprint density at radius 1 is 1.42 bits per heavy atom. The maximum absolute atomic E-state index is 12.6.